The zero-order valence-corrected chi connectivity index (χ0v) is 20.5. The van der Waals surface area contributed by atoms with Gasteiger partial charge >= 0.3 is 6.09 Å². The number of anilines is 1. The van der Waals surface area contributed by atoms with Crippen LogP contribution in [0.15, 0.2) is 48.6 Å². The van der Waals surface area contributed by atoms with Gasteiger partial charge in [0.05, 0.1) is 4.92 Å². The molecule has 0 bridgehead atoms. The van der Waals surface area contributed by atoms with Crippen molar-refractivity contribution >= 4 is 33.1 Å². The molecule has 34 heavy (non-hydrogen) atoms. The fraction of sp³-hybridized carbons (Fsp3) is 0.520. The first-order valence-corrected chi connectivity index (χ1v) is 13.0. The predicted molar refractivity (Wildman–Crippen MR) is 137 cm³/mol. The van der Waals surface area contributed by atoms with E-state index in [9.17, 15) is 28.4 Å². The second kappa shape index (κ2) is 18.5. The van der Waals surface area contributed by atoms with Crippen molar-refractivity contribution in [3.63, 3.8) is 0 Å². The van der Waals surface area contributed by atoms with E-state index in [4.69, 9.17) is 0 Å². The summed E-state index contributed by atoms with van der Waals surface area (Å²) in [7, 11) is -2.04. The zero-order valence-electron chi connectivity index (χ0n) is 19.7. The molecule has 0 aliphatic carbocycles. The number of allylic oxidation sites excluding steroid dienone is 4. The number of benzene rings is 1. The Balaban J connectivity index is 2.09. The summed E-state index contributed by atoms with van der Waals surface area (Å²) in [6.07, 6.45) is 18.8. The van der Waals surface area contributed by atoms with Gasteiger partial charge in [0.25, 0.3) is 5.69 Å². The highest BCUT2D eigenvalue weighted by Crippen LogP contribution is 2.28. The molecule has 1 N–H and O–H groups in total. The Labute approximate surface area is 203 Å². The number of hydrogen-bond acceptors (Lipinski definition) is 5. The largest absolute Gasteiger partial charge is 0.465 e. The molecule has 0 heterocycles. The Morgan fingerprint density at radius 3 is 2.06 bits per heavy atom. The van der Waals surface area contributed by atoms with Gasteiger partial charge < -0.3 is 5.11 Å². The first-order chi connectivity index (χ1) is 16.4. The summed E-state index contributed by atoms with van der Waals surface area (Å²) in [6.45, 7) is 0.246. The average molecular weight is 493 g/mol. The van der Waals surface area contributed by atoms with E-state index < -0.39 is 21.3 Å². The molecule has 0 radical (unpaired) electrons. The van der Waals surface area contributed by atoms with Crippen molar-refractivity contribution in [1.29, 1.82) is 0 Å². The van der Waals surface area contributed by atoms with Crippen LogP contribution in [-0.2, 0) is 10.3 Å². The molecule has 1 rings (SSSR count). The third-order valence-corrected chi connectivity index (χ3v) is 5.79. The average Bonchev–Trinajstić information content (AvgIpc) is 2.80. The molecule has 1 aromatic carbocycles. The number of amides is 1. The van der Waals surface area contributed by atoms with Crippen LogP contribution in [0.1, 0.15) is 77.0 Å². The van der Waals surface area contributed by atoms with E-state index in [1.807, 2.05) is 0 Å². The lowest BCUT2D eigenvalue weighted by Crippen LogP contribution is -2.30. The fourth-order valence-electron chi connectivity index (χ4n) is 3.50. The monoisotopic (exact) mass is 492 g/mol. The Morgan fingerprint density at radius 1 is 0.882 bits per heavy atom. The minimum absolute atomic E-state index is 0.120. The maximum absolute atomic E-state index is 11.6. The predicted octanol–water partition coefficient (Wildman–Crippen LogP) is 6.55. The second-order valence-corrected chi connectivity index (χ2v) is 8.83. The van der Waals surface area contributed by atoms with E-state index in [1.165, 1.54) is 23.6 Å². The lowest BCUT2D eigenvalue weighted by molar-refractivity contribution is -0.384. The molecule has 0 saturated carbocycles. The Bertz CT molecular complexity index is 932. The van der Waals surface area contributed by atoms with Crippen molar-refractivity contribution in [2.24, 2.45) is 0 Å². The highest BCUT2D eigenvalue weighted by atomic mass is 32.2. The Kier molecular flexibility index (Phi) is 15.8. The number of rotatable bonds is 18. The quantitative estimate of drug-likeness (QED) is 0.0815. The van der Waals surface area contributed by atoms with Crippen molar-refractivity contribution in [2.45, 2.75) is 77.0 Å². The highest BCUT2D eigenvalue weighted by molar-refractivity contribution is 7.71. The second-order valence-electron chi connectivity index (χ2n) is 7.98. The molecular weight excluding hydrogens is 456 g/mol. The summed E-state index contributed by atoms with van der Waals surface area (Å²) in [4.78, 5) is 23.2. The van der Waals surface area contributed by atoms with Gasteiger partial charge in [-0.3, -0.25) is 15.0 Å². The number of carbonyl (C=O) groups is 1. The van der Waals surface area contributed by atoms with Crippen LogP contribution in [0, 0.1) is 10.1 Å². The summed E-state index contributed by atoms with van der Waals surface area (Å²) in [5, 5.41) is 21.9. The Hall–Kier alpha value is -2.94. The van der Waals surface area contributed by atoms with E-state index in [2.05, 4.69) is 24.3 Å². The molecule has 8 nitrogen and oxygen atoms in total. The minimum Gasteiger partial charge on any atom is -0.465 e. The molecule has 0 fully saturated rings. The van der Waals surface area contributed by atoms with E-state index in [0.29, 0.717) is 12.8 Å². The van der Waals surface area contributed by atoms with Crippen molar-refractivity contribution in [2.75, 3.05) is 11.4 Å². The van der Waals surface area contributed by atoms with Crippen LogP contribution < -0.4 is 4.90 Å². The highest BCUT2D eigenvalue weighted by Gasteiger charge is 2.22. The van der Waals surface area contributed by atoms with Gasteiger partial charge in [0.2, 0.25) is 10.3 Å². The van der Waals surface area contributed by atoms with Crippen LogP contribution in [-0.4, -0.2) is 36.5 Å². The van der Waals surface area contributed by atoms with Crippen molar-refractivity contribution < 1.29 is 23.2 Å². The van der Waals surface area contributed by atoms with Gasteiger partial charge in [-0.15, -0.1) is 0 Å². The molecular formula is C25H36N2O6S. The van der Waals surface area contributed by atoms with E-state index in [0.717, 1.165) is 69.1 Å². The Morgan fingerprint density at radius 2 is 1.44 bits per heavy atom. The van der Waals surface area contributed by atoms with Gasteiger partial charge in [0.15, 0.2) is 0 Å². The molecule has 9 heteroatoms. The molecule has 188 valence electrons. The van der Waals surface area contributed by atoms with Gasteiger partial charge in [0, 0.05) is 18.0 Å². The maximum Gasteiger partial charge on any atom is 0.412 e. The number of unbranched alkanes of at least 4 members (excludes halogenated alkanes) is 9. The fourth-order valence-corrected chi connectivity index (χ4v) is 3.86. The topological polar surface area (TPSA) is 118 Å². The maximum atomic E-state index is 11.6. The van der Waals surface area contributed by atoms with Crippen LogP contribution in [0.2, 0.25) is 0 Å². The van der Waals surface area contributed by atoms with Crippen molar-refractivity contribution in [3.8, 4) is 0 Å². The molecule has 0 atom stereocenters. The lowest BCUT2D eigenvalue weighted by Gasteiger charge is -2.19. The molecule has 0 spiro atoms. The first-order valence-electron chi connectivity index (χ1n) is 11.9. The smallest absolute Gasteiger partial charge is 0.412 e. The SMILES string of the molecule is O=C(O)N(CCCCCCCC/C=C\C/C=C\CCCCC=S(=O)=O)c1ccccc1[N+](=O)[O-]. The van der Waals surface area contributed by atoms with Crippen LogP contribution in [0.5, 0.6) is 0 Å². The van der Waals surface area contributed by atoms with Gasteiger partial charge in [-0.1, -0.05) is 62.1 Å². The van der Waals surface area contributed by atoms with E-state index in [-0.39, 0.29) is 17.9 Å². The zero-order chi connectivity index (χ0) is 25.0. The molecule has 0 aliphatic rings. The number of hydrogen-bond donors (Lipinski definition) is 1. The lowest BCUT2D eigenvalue weighted by atomic mass is 10.1. The standard InChI is InChI=1S/C25H36N2O6S/c28-25(29)26(23-19-15-16-20-24(23)27(30)31)21-17-13-11-9-7-5-3-1-2-4-6-8-10-12-14-18-22-34(32)33/h1-2,6,8,15-16,19-20,22H,3-5,7,9-14,17-18,21H2,(H,28,29)/b2-1-,8-6-. The first kappa shape index (κ1) is 29.1. The van der Waals surface area contributed by atoms with Crippen molar-refractivity contribution in [1.82, 2.24) is 0 Å². The summed E-state index contributed by atoms with van der Waals surface area (Å²) < 4.78 is 20.7. The van der Waals surface area contributed by atoms with Gasteiger partial charge in [-0.05, 0) is 57.4 Å². The molecule has 1 aromatic rings. The molecule has 0 aliphatic heterocycles. The van der Waals surface area contributed by atoms with Crippen molar-refractivity contribution in [3.05, 3.63) is 58.7 Å². The number of nitrogens with zero attached hydrogens (tertiary/aromatic N) is 2. The van der Waals surface area contributed by atoms with Gasteiger partial charge in [-0.2, -0.15) is 8.42 Å². The van der Waals surface area contributed by atoms with Crippen LogP contribution in [0.3, 0.4) is 0 Å². The molecule has 0 unspecified atom stereocenters. The third kappa shape index (κ3) is 13.6. The molecule has 0 aromatic heterocycles. The van der Waals surface area contributed by atoms with Crippen LogP contribution >= 0.6 is 0 Å². The van der Waals surface area contributed by atoms with Gasteiger partial charge in [0.1, 0.15) is 5.69 Å². The summed E-state index contributed by atoms with van der Waals surface area (Å²) in [5.41, 5.74) is -0.0750. The van der Waals surface area contributed by atoms with E-state index in [1.54, 1.807) is 6.07 Å². The third-order valence-electron chi connectivity index (χ3n) is 5.29. The number of para-hydroxylation sites is 2. The van der Waals surface area contributed by atoms with E-state index >= 15 is 0 Å². The number of nitro benzene ring substituents is 1. The number of nitro groups is 1. The van der Waals surface area contributed by atoms with Crippen LogP contribution in [0.4, 0.5) is 16.2 Å². The normalized spacial score (nSPS) is 11.2. The number of carboxylic acid groups (broad SMARTS) is 1. The summed E-state index contributed by atoms with van der Waals surface area (Å²) in [6, 6.07) is 5.93. The molecule has 0 saturated heterocycles. The summed E-state index contributed by atoms with van der Waals surface area (Å²) >= 11 is 0. The molecule has 1 amide bonds. The van der Waals surface area contributed by atoms with Crippen LogP contribution in [0.25, 0.3) is 0 Å². The van der Waals surface area contributed by atoms with Gasteiger partial charge in [-0.25, -0.2) is 4.79 Å². The summed E-state index contributed by atoms with van der Waals surface area (Å²) in [5.74, 6) is 0. The minimum atomic E-state index is -2.04.